The fourth-order valence-electron chi connectivity index (χ4n) is 2.19. The summed E-state index contributed by atoms with van der Waals surface area (Å²) in [4.78, 5) is 13.6. The molecule has 5 heteroatoms. The zero-order valence-corrected chi connectivity index (χ0v) is 11.1. The highest BCUT2D eigenvalue weighted by molar-refractivity contribution is 6.30. The minimum atomic E-state index is -0.481. The van der Waals surface area contributed by atoms with Crippen molar-refractivity contribution in [2.75, 3.05) is 13.2 Å². The molecule has 2 rings (SSSR count). The third kappa shape index (κ3) is 3.33. The molecule has 1 N–H and O–H groups in total. The van der Waals surface area contributed by atoms with E-state index in [1.165, 1.54) is 18.2 Å². The van der Waals surface area contributed by atoms with Crippen LogP contribution in [0.15, 0.2) is 24.3 Å². The van der Waals surface area contributed by atoms with E-state index in [1.54, 1.807) is 17.0 Å². The van der Waals surface area contributed by atoms with Crippen LogP contribution < -0.4 is 0 Å². The standard InChI is InChI=1S/C14H15ClFNO2/c15-12-8-10(3-5-13(12)16)4-6-14(19)17-7-1-2-11(17)9-18/h3-6,8,11,18H,1-2,7,9H2/t11-/m1/s1. The van der Waals surface area contributed by atoms with E-state index in [0.717, 1.165) is 12.8 Å². The lowest BCUT2D eigenvalue weighted by atomic mass is 10.2. The lowest BCUT2D eigenvalue weighted by molar-refractivity contribution is -0.127. The fraction of sp³-hybridized carbons (Fsp3) is 0.357. The summed E-state index contributed by atoms with van der Waals surface area (Å²) in [5, 5.41) is 9.19. The van der Waals surface area contributed by atoms with Crippen LogP contribution in [0.4, 0.5) is 4.39 Å². The number of likely N-dealkylation sites (tertiary alicyclic amines) is 1. The molecule has 1 atom stereocenters. The van der Waals surface area contributed by atoms with Crippen LogP contribution in [0.3, 0.4) is 0 Å². The maximum absolute atomic E-state index is 13.0. The van der Waals surface area contributed by atoms with Crippen LogP contribution in [-0.2, 0) is 4.79 Å². The molecule has 0 unspecified atom stereocenters. The van der Waals surface area contributed by atoms with Crippen molar-refractivity contribution in [3.8, 4) is 0 Å². The van der Waals surface area contributed by atoms with Crippen LogP contribution in [0.25, 0.3) is 6.08 Å². The molecule has 1 fully saturated rings. The number of aliphatic hydroxyl groups excluding tert-OH is 1. The van der Waals surface area contributed by atoms with Gasteiger partial charge >= 0.3 is 0 Å². The molecule has 1 saturated heterocycles. The largest absolute Gasteiger partial charge is 0.394 e. The summed E-state index contributed by atoms with van der Waals surface area (Å²) in [6.45, 7) is 0.653. The van der Waals surface area contributed by atoms with Gasteiger partial charge in [-0.25, -0.2) is 4.39 Å². The topological polar surface area (TPSA) is 40.5 Å². The fourth-order valence-corrected chi connectivity index (χ4v) is 2.38. The van der Waals surface area contributed by atoms with Gasteiger partial charge in [0.2, 0.25) is 5.91 Å². The number of benzene rings is 1. The molecule has 0 saturated carbocycles. The third-order valence-electron chi connectivity index (χ3n) is 3.23. The monoisotopic (exact) mass is 283 g/mol. The van der Waals surface area contributed by atoms with Gasteiger partial charge in [0.25, 0.3) is 0 Å². The number of carbonyl (C=O) groups excluding carboxylic acids is 1. The van der Waals surface area contributed by atoms with E-state index in [0.29, 0.717) is 12.1 Å². The predicted octanol–water partition coefficient (Wildman–Crippen LogP) is 2.48. The Bertz CT molecular complexity index is 504. The zero-order valence-electron chi connectivity index (χ0n) is 10.4. The lowest BCUT2D eigenvalue weighted by Gasteiger charge is -2.21. The molecule has 1 heterocycles. The van der Waals surface area contributed by atoms with Gasteiger partial charge in [0.1, 0.15) is 5.82 Å². The van der Waals surface area contributed by atoms with Crippen LogP contribution in [0.1, 0.15) is 18.4 Å². The van der Waals surface area contributed by atoms with Gasteiger partial charge in [-0.2, -0.15) is 0 Å². The van der Waals surface area contributed by atoms with Gasteiger partial charge in [-0.3, -0.25) is 4.79 Å². The molecule has 0 aromatic heterocycles. The highest BCUT2D eigenvalue weighted by Gasteiger charge is 2.26. The summed E-state index contributed by atoms with van der Waals surface area (Å²) in [6.07, 6.45) is 4.77. The Hall–Kier alpha value is -1.39. The number of hydrogen-bond acceptors (Lipinski definition) is 2. The van der Waals surface area contributed by atoms with Crippen molar-refractivity contribution in [3.05, 3.63) is 40.7 Å². The molecule has 0 radical (unpaired) electrons. The summed E-state index contributed by atoms with van der Waals surface area (Å²) in [6, 6.07) is 4.19. The van der Waals surface area contributed by atoms with Gasteiger partial charge in [-0.05, 0) is 36.6 Å². The number of carbonyl (C=O) groups is 1. The number of amides is 1. The Morgan fingerprint density at radius 2 is 2.37 bits per heavy atom. The first-order valence-corrected chi connectivity index (χ1v) is 6.54. The van der Waals surface area contributed by atoms with Crippen molar-refractivity contribution in [3.63, 3.8) is 0 Å². The minimum absolute atomic E-state index is 0.0119. The highest BCUT2D eigenvalue weighted by atomic mass is 35.5. The average molecular weight is 284 g/mol. The van der Waals surface area contributed by atoms with E-state index in [4.69, 9.17) is 16.7 Å². The molecule has 102 valence electrons. The molecule has 1 aliphatic heterocycles. The van der Waals surface area contributed by atoms with Crippen LogP contribution >= 0.6 is 11.6 Å². The maximum atomic E-state index is 13.0. The summed E-state index contributed by atoms with van der Waals surface area (Å²) < 4.78 is 13.0. The number of aliphatic hydroxyl groups is 1. The van der Waals surface area contributed by atoms with Crippen molar-refractivity contribution in [1.82, 2.24) is 4.90 Å². The van der Waals surface area contributed by atoms with E-state index >= 15 is 0 Å². The van der Waals surface area contributed by atoms with Crippen molar-refractivity contribution < 1.29 is 14.3 Å². The second-order valence-electron chi connectivity index (χ2n) is 4.52. The number of rotatable bonds is 3. The summed E-state index contributed by atoms with van der Waals surface area (Å²) in [5.41, 5.74) is 0.666. The van der Waals surface area contributed by atoms with Crippen LogP contribution in [-0.4, -0.2) is 35.1 Å². The first kappa shape index (κ1) is 14.0. The first-order chi connectivity index (χ1) is 9.11. The van der Waals surface area contributed by atoms with Crippen LogP contribution in [0.5, 0.6) is 0 Å². The Balaban J connectivity index is 2.05. The average Bonchev–Trinajstić information content (AvgIpc) is 2.88. The molecule has 0 bridgehead atoms. The Morgan fingerprint density at radius 3 is 3.05 bits per heavy atom. The number of nitrogens with zero attached hydrogens (tertiary/aromatic N) is 1. The van der Waals surface area contributed by atoms with Gasteiger partial charge in [0.15, 0.2) is 0 Å². The highest BCUT2D eigenvalue weighted by Crippen LogP contribution is 2.19. The molecule has 0 spiro atoms. The van der Waals surface area contributed by atoms with E-state index in [2.05, 4.69) is 0 Å². The van der Waals surface area contributed by atoms with E-state index in [-0.39, 0.29) is 23.6 Å². The third-order valence-corrected chi connectivity index (χ3v) is 3.52. The van der Waals surface area contributed by atoms with Crippen molar-refractivity contribution in [2.45, 2.75) is 18.9 Å². The van der Waals surface area contributed by atoms with Crippen LogP contribution in [0.2, 0.25) is 5.02 Å². The quantitative estimate of drug-likeness (QED) is 0.866. The molecular weight excluding hydrogens is 269 g/mol. The smallest absolute Gasteiger partial charge is 0.246 e. The number of hydrogen-bond donors (Lipinski definition) is 1. The Kier molecular flexibility index (Phi) is 4.56. The van der Waals surface area contributed by atoms with Crippen molar-refractivity contribution in [1.29, 1.82) is 0 Å². The maximum Gasteiger partial charge on any atom is 0.246 e. The normalized spacial score (nSPS) is 19.3. The Labute approximate surface area is 116 Å². The van der Waals surface area contributed by atoms with E-state index in [9.17, 15) is 9.18 Å². The van der Waals surface area contributed by atoms with Gasteiger partial charge in [-0.1, -0.05) is 17.7 Å². The van der Waals surface area contributed by atoms with E-state index in [1.807, 2.05) is 0 Å². The Morgan fingerprint density at radius 1 is 1.58 bits per heavy atom. The first-order valence-electron chi connectivity index (χ1n) is 6.16. The summed E-state index contributed by atoms with van der Waals surface area (Å²) >= 11 is 5.66. The molecule has 1 amide bonds. The number of halogens is 2. The molecule has 1 aromatic rings. The second kappa shape index (κ2) is 6.17. The summed E-state index contributed by atoms with van der Waals surface area (Å²) in [7, 11) is 0. The van der Waals surface area contributed by atoms with Gasteiger partial charge in [0.05, 0.1) is 17.7 Å². The lowest BCUT2D eigenvalue weighted by Crippen LogP contribution is -2.36. The van der Waals surface area contributed by atoms with Gasteiger partial charge < -0.3 is 10.0 Å². The SMILES string of the molecule is O=C(C=Cc1ccc(F)c(Cl)c1)N1CCC[C@@H]1CO. The summed E-state index contributed by atoms with van der Waals surface area (Å²) in [5.74, 6) is -0.623. The molecule has 19 heavy (non-hydrogen) atoms. The second-order valence-corrected chi connectivity index (χ2v) is 4.92. The molecule has 3 nitrogen and oxygen atoms in total. The van der Waals surface area contributed by atoms with Crippen molar-refractivity contribution in [2.24, 2.45) is 0 Å². The molecular formula is C14H15ClFNO2. The predicted molar refractivity (Wildman–Crippen MR) is 72.3 cm³/mol. The van der Waals surface area contributed by atoms with Gasteiger partial charge in [0, 0.05) is 12.6 Å². The zero-order chi connectivity index (χ0) is 13.8. The minimum Gasteiger partial charge on any atom is -0.394 e. The van der Waals surface area contributed by atoms with Crippen molar-refractivity contribution >= 4 is 23.6 Å². The molecule has 1 aromatic carbocycles. The van der Waals surface area contributed by atoms with Gasteiger partial charge in [-0.15, -0.1) is 0 Å². The van der Waals surface area contributed by atoms with E-state index < -0.39 is 5.82 Å². The molecule has 0 aliphatic carbocycles. The molecule has 1 aliphatic rings. The van der Waals surface area contributed by atoms with Crippen LogP contribution in [0, 0.1) is 5.82 Å².